The van der Waals surface area contributed by atoms with E-state index in [1.165, 1.54) is 5.69 Å². The van der Waals surface area contributed by atoms with Crippen molar-refractivity contribution in [2.75, 3.05) is 25.1 Å². The van der Waals surface area contributed by atoms with Gasteiger partial charge in [0.1, 0.15) is 5.75 Å². The Hall–Kier alpha value is -3.44. The molecule has 0 amide bonds. The Morgan fingerprint density at radius 2 is 1.66 bits per heavy atom. The van der Waals surface area contributed by atoms with E-state index in [0.717, 1.165) is 52.1 Å². The topological polar surface area (TPSA) is 47.5 Å². The predicted molar refractivity (Wildman–Crippen MR) is 129 cm³/mol. The number of benzene rings is 2. The molecule has 0 bridgehead atoms. The lowest BCUT2D eigenvalue weighted by molar-refractivity contribution is -0.00521. The van der Waals surface area contributed by atoms with Crippen molar-refractivity contribution in [1.29, 1.82) is 0 Å². The lowest BCUT2D eigenvalue weighted by atomic mass is 10.00. The highest BCUT2D eigenvalue weighted by Crippen LogP contribution is 2.39. The Balaban J connectivity index is 1.53. The quantitative estimate of drug-likeness (QED) is 0.427. The number of para-hydroxylation sites is 1. The van der Waals surface area contributed by atoms with Crippen molar-refractivity contribution in [3.8, 4) is 28.1 Å². The van der Waals surface area contributed by atoms with Crippen molar-refractivity contribution < 1.29 is 9.47 Å². The third-order valence-corrected chi connectivity index (χ3v) is 5.96. The molecule has 5 nitrogen and oxygen atoms in total. The highest BCUT2D eigenvalue weighted by Gasteiger charge is 2.22. The molecule has 1 saturated heterocycles. The van der Waals surface area contributed by atoms with Gasteiger partial charge in [0, 0.05) is 47.7 Å². The standard InChI is InChI=1S/C27H27N3O2/c1-18-16-30(17-19(2)32-18)21-12-10-20(11-13-21)24-15-29-26-22(25-9-4-5-14-28-25)7-6-8-23(26)27(24)31-3/h4-15,18-19H,16-17H2,1-3H3/t18-,19?/m0/s1. The molecule has 0 N–H and O–H groups in total. The van der Waals surface area contributed by atoms with Crippen molar-refractivity contribution in [3.63, 3.8) is 0 Å². The fraction of sp³-hybridized carbons (Fsp3) is 0.259. The van der Waals surface area contributed by atoms with Gasteiger partial charge in [0.25, 0.3) is 0 Å². The predicted octanol–water partition coefficient (Wildman–Crippen LogP) is 5.59. The molecule has 4 aromatic rings. The first-order valence-electron chi connectivity index (χ1n) is 11.0. The zero-order valence-electron chi connectivity index (χ0n) is 18.7. The average Bonchev–Trinajstić information content (AvgIpc) is 2.83. The van der Waals surface area contributed by atoms with E-state index < -0.39 is 0 Å². The second-order valence-electron chi connectivity index (χ2n) is 8.33. The summed E-state index contributed by atoms with van der Waals surface area (Å²) in [5, 5.41) is 0.980. The fourth-order valence-electron chi connectivity index (χ4n) is 4.59. The molecule has 2 aromatic heterocycles. The monoisotopic (exact) mass is 425 g/mol. The van der Waals surface area contributed by atoms with Crippen molar-refractivity contribution in [2.24, 2.45) is 0 Å². The maximum Gasteiger partial charge on any atom is 0.137 e. The lowest BCUT2D eigenvalue weighted by Gasteiger charge is -2.36. The number of methoxy groups -OCH3 is 1. The molecule has 1 aliphatic rings. The van der Waals surface area contributed by atoms with Crippen LogP contribution in [0.1, 0.15) is 13.8 Å². The van der Waals surface area contributed by atoms with Crippen LogP contribution < -0.4 is 9.64 Å². The zero-order valence-corrected chi connectivity index (χ0v) is 18.7. The van der Waals surface area contributed by atoms with Crippen LogP contribution in [0.15, 0.2) is 73.1 Å². The second-order valence-corrected chi connectivity index (χ2v) is 8.33. The van der Waals surface area contributed by atoms with E-state index in [1.54, 1.807) is 13.3 Å². The van der Waals surface area contributed by atoms with Crippen molar-refractivity contribution in [2.45, 2.75) is 26.1 Å². The highest BCUT2D eigenvalue weighted by atomic mass is 16.5. The number of rotatable bonds is 4. The number of hydrogen-bond donors (Lipinski definition) is 0. The lowest BCUT2D eigenvalue weighted by Crippen LogP contribution is -2.45. The SMILES string of the molecule is COc1c(-c2ccc(N3CC(C)O[C@@H](C)C3)cc2)cnc2c(-c3ccccn3)cccc12. The smallest absolute Gasteiger partial charge is 0.137 e. The number of hydrogen-bond acceptors (Lipinski definition) is 5. The van der Waals surface area contributed by atoms with Crippen LogP contribution in [-0.4, -0.2) is 42.4 Å². The number of pyridine rings is 2. The first-order chi connectivity index (χ1) is 15.6. The molecule has 1 fully saturated rings. The first-order valence-corrected chi connectivity index (χ1v) is 11.0. The third-order valence-electron chi connectivity index (χ3n) is 5.96. The van der Waals surface area contributed by atoms with Crippen molar-refractivity contribution in [1.82, 2.24) is 9.97 Å². The van der Waals surface area contributed by atoms with Crippen LogP contribution in [0.4, 0.5) is 5.69 Å². The Bertz CT molecular complexity index is 1220. The summed E-state index contributed by atoms with van der Waals surface area (Å²) >= 11 is 0. The van der Waals surface area contributed by atoms with Gasteiger partial charge in [0.05, 0.1) is 30.5 Å². The van der Waals surface area contributed by atoms with Gasteiger partial charge in [-0.15, -0.1) is 0 Å². The molecule has 5 heteroatoms. The molecule has 0 aliphatic carbocycles. The number of fused-ring (bicyclic) bond motifs is 1. The molecule has 2 atom stereocenters. The molecule has 2 aromatic carbocycles. The summed E-state index contributed by atoms with van der Waals surface area (Å²) in [5.74, 6) is 0.828. The maximum absolute atomic E-state index is 5.89. The molecule has 162 valence electrons. The van der Waals surface area contributed by atoms with Gasteiger partial charge in [0.2, 0.25) is 0 Å². The van der Waals surface area contributed by atoms with E-state index in [-0.39, 0.29) is 12.2 Å². The van der Waals surface area contributed by atoms with Crippen LogP contribution in [0, 0.1) is 0 Å². The Morgan fingerprint density at radius 3 is 2.34 bits per heavy atom. The average molecular weight is 426 g/mol. The summed E-state index contributed by atoms with van der Waals surface area (Å²) in [4.78, 5) is 11.7. The van der Waals surface area contributed by atoms with Crippen molar-refractivity contribution in [3.05, 3.63) is 73.1 Å². The minimum absolute atomic E-state index is 0.233. The van der Waals surface area contributed by atoms with Crippen LogP contribution in [0.2, 0.25) is 0 Å². The first kappa shape index (κ1) is 20.5. The number of aromatic nitrogens is 2. The third kappa shape index (κ3) is 3.80. The van der Waals surface area contributed by atoms with E-state index in [0.29, 0.717) is 0 Å². The summed E-state index contributed by atoms with van der Waals surface area (Å²) < 4.78 is 11.8. The zero-order chi connectivity index (χ0) is 22.1. The Labute approximate surface area is 188 Å². The van der Waals surface area contributed by atoms with Gasteiger partial charge in [-0.2, -0.15) is 0 Å². The van der Waals surface area contributed by atoms with E-state index in [4.69, 9.17) is 14.5 Å². The summed E-state index contributed by atoms with van der Waals surface area (Å²) in [6.45, 7) is 6.06. The fourth-order valence-corrected chi connectivity index (χ4v) is 4.59. The van der Waals surface area contributed by atoms with Gasteiger partial charge in [-0.25, -0.2) is 0 Å². The largest absolute Gasteiger partial charge is 0.495 e. The molecular weight excluding hydrogens is 398 g/mol. The molecule has 0 spiro atoms. The molecule has 3 heterocycles. The Kier molecular flexibility index (Phi) is 5.50. The summed E-state index contributed by atoms with van der Waals surface area (Å²) in [5.41, 5.74) is 6.06. The number of anilines is 1. The van der Waals surface area contributed by atoms with E-state index in [2.05, 4.69) is 60.1 Å². The van der Waals surface area contributed by atoms with Gasteiger partial charge in [-0.3, -0.25) is 9.97 Å². The second kappa shape index (κ2) is 8.60. The number of ether oxygens (including phenoxy) is 2. The van der Waals surface area contributed by atoms with E-state index in [9.17, 15) is 0 Å². The van der Waals surface area contributed by atoms with Crippen LogP contribution in [0.5, 0.6) is 5.75 Å². The Morgan fingerprint density at radius 1 is 0.875 bits per heavy atom. The van der Waals surface area contributed by atoms with Gasteiger partial charge < -0.3 is 14.4 Å². The highest BCUT2D eigenvalue weighted by molar-refractivity contribution is 5.99. The van der Waals surface area contributed by atoms with Gasteiger partial charge in [-0.05, 0) is 49.7 Å². The van der Waals surface area contributed by atoms with Gasteiger partial charge in [-0.1, -0.05) is 30.3 Å². The molecule has 0 radical (unpaired) electrons. The molecule has 1 aliphatic heterocycles. The molecule has 32 heavy (non-hydrogen) atoms. The summed E-state index contributed by atoms with van der Waals surface area (Å²) in [7, 11) is 1.72. The minimum atomic E-state index is 0.233. The molecule has 0 saturated carbocycles. The normalized spacial score (nSPS) is 18.7. The van der Waals surface area contributed by atoms with Crippen LogP contribution in [0.25, 0.3) is 33.3 Å². The van der Waals surface area contributed by atoms with E-state index >= 15 is 0 Å². The van der Waals surface area contributed by atoms with E-state index in [1.807, 2.05) is 30.5 Å². The molecule has 1 unspecified atom stereocenters. The minimum Gasteiger partial charge on any atom is -0.495 e. The van der Waals surface area contributed by atoms with Crippen LogP contribution in [0.3, 0.4) is 0 Å². The van der Waals surface area contributed by atoms with Gasteiger partial charge in [0.15, 0.2) is 0 Å². The maximum atomic E-state index is 5.89. The number of nitrogens with zero attached hydrogens (tertiary/aromatic N) is 3. The molecular formula is C27H27N3O2. The van der Waals surface area contributed by atoms with Crippen LogP contribution in [-0.2, 0) is 4.74 Å². The van der Waals surface area contributed by atoms with Gasteiger partial charge >= 0.3 is 0 Å². The van der Waals surface area contributed by atoms with Crippen LogP contribution >= 0.6 is 0 Å². The molecule has 5 rings (SSSR count). The number of morpholine rings is 1. The van der Waals surface area contributed by atoms with Crippen molar-refractivity contribution >= 4 is 16.6 Å². The summed E-state index contributed by atoms with van der Waals surface area (Å²) in [6.07, 6.45) is 4.17. The summed E-state index contributed by atoms with van der Waals surface area (Å²) in [6, 6.07) is 20.7.